The van der Waals surface area contributed by atoms with E-state index in [1.54, 1.807) is 30.3 Å². The summed E-state index contributed by atoms with van der Waals surface area (Å²) in [4.78, 5) is 30.5. The number of ether oxygens (including phenoxy) is 1. The predicted octanol–water partition coefficient (Wildman–Crippen LogP) is 2.41. The van der Waals surface area contributed by atoms with Crippen LogP contribution in [0, 0.1) is 0 Å². The Morgan fingerprint density at radius 3 is 2.40 bits per heavy atom. The summed E-state index contributed by atoms with van der Waals surface area (Å²) in [5, 5.41) is 14.1. The molecule has 0 radical (unpaired) electrons. The number of amides is 1. The Bertz CT molecular complexity index is 876. The number of aliphatic hydroxyl groups is 1. The number of hydrogen-bond donors (Lipinski definition) is 2. The van der Waals surface area contributed by atoms with Gasteiger partial charge in [-0.2, -0.15) is 5.06 Å². The number of ketones is 1. The summed E-state index contributed by atoms with van der Waals surface area (Å²) >= 11 is 0. The average Bonchev–Trinajstić information content (AvgIpc) is 3.10. The van der Waals surface area contributed by atoms with Gasteiger partial charge in [-0.1, -0.05) is 30.3 Å². The van der Waals surface area contributed by atoms with Gasteiger partial charge in [0.25, 0.3) is 0 Å². The lowest BCUT2D eigenvalue weighted by Crippen LogP contribution is -2.65. The van der Waals surface area contributed by atoms with Crippen molar-refractivity contribution < 1.29 is 37.4 Å². The SMILES string of the molecule is O=CN(OCc1ccccc1)[C@]1(C(=O)c2ccc(OC(F)(F)F)cc2)NCC[C@H]1O. The molecule has 2 aromatic rings. The molecule has 1 aliphatic rings. The van der Waals surface area contributed by atoms with Crippen molar-refractivity contribution in [3.05, 3.63) is 65.7 Å². The lowest BCUT2D eigenvalue weighted by Gasteiger charge is -2.38. The van der Waals surface area contributed by atoms with Crippen LogP contribution in [0.4, 0.5) is 13.2 Å². The second-order valence-electron chi connectivity index (χ2n) is 6.59. The quantitative estimate of drug-likeness (QED) is 0.385. The fraction of sp³-hybridized carbons (Fsp3) is 0.300. The molecule has 0 aliphatic carbocycles. The number of Topliss-reactive ketones (excluding diaryl/α,β-unsaturated/α-hetero) is 1. The highest BCUT2D eigenvalue weighted by Gasteiger charge is 2.54. The zero-order valence-corrected chi connectivity index (χ0v) is 15.6. The molecule has 0 aromatic heterocycles. The number of halogens is 3. The fourth-order valence-corrected chi connectivity index (χ4v) is 3.24. The van der Waals surface area contributed by atoms with Crippen LogP contribution in [-0.4, -0.2) is 47.0 Å². The fourth-order valence-electron chi connectivity index (χ4n) is 3.24. The summed E-state index contributed by atoms with van der Waals surface area (Å²) in [6, 6.07) is 13.1. The van der Waals surface area contributed by atoms with Gasteiger partial charge in [0.05, 0.1) is 0 Å². The van der Waals surface area contributed by atoms with Gasteiger partial charge >= 0.3 is 6.36 Å². The largest absolute Gasteiger partial charge is 0.573 e. The van der Waals surface area contributed by atoms with Crippen LogP contribution in [0.5, 0.6) is 5.75 Å². The number of hydroxylamine groups is 2. The van der Waals surface area contributed by atoms with E-state index in [0.717, 1.165) is 34.9 Å². The number of carbonyl (C=O) groups is 2. The van der Waals surface area contributed by atoms with E-state index in [9.17, 15) is 27.9 Å². The van der Waals surface area contributed by atoms with Crippen LogP contribution in [0.2, 0.25) is 0 Å². The van der Waals surface area contributed by atoms with E-state index in [0.29, 0.717) is 0 Å². The monoisotopic (exact) mass is 424 g/mol. The number of rotatable bonds is 8. The number of nitrogens with one attached hydrogen (secondary N) is 1. The van der Waals surface area contributed by atoms with Crippen molar-refractivity contribution in [1.29, 1.82) is 0 Å². The molecule has 1 fully saturated rings. The summed E-state index contributed by atoms with van der Waals surface area (Å²) in [7, 11) is 0. The zero-order chi connectivity index (χ0) is 21.8. The Balaban J connectivity index is 1.85. The number of aliphatic hydroxyl groups excluding tert-OH is 1. The molecule has 7 nitrogen and oxygen atoms in total. The standard InChI is InChI=1S/C20H19F3N2O5/c21-20(22,23)30-16-8-6-15(7-9-16)18(28)19(17(27)10-11-24-19)25(13-26)29-12-14-4-2-1-3-5-14/h1-9,13,17,24,27H,10-12H2/t17-,19-/m1/s1. The molecule has 30 heavy (non-hydrogen) atoms. The Labute approximate surface area is 170 Å². The second-order valence-corrected chi connectivity index (χ2v) is 6.59. The van der Waals surface area contributed by atoms with E-state index in [1.165, 1.54) is 0 Å². The first-order valence-corrected chi connectivity index (χ1v) is 9.01. The smallest absolute Gasteiger partial charge is 0.406 e. The highest BCUT2D eigenvalue weighted by atomic mass is 19.4. The van der Waals surface area contributed by atoms with Gasteiger partial charge in [-0.3, -0.25) is 19.7 Å². The molecule has 2 N–H and O–H groups in total. The van der Waals surface area contributed by atoms with Crippen LogP contribution in [0.15, 0.2) is 54.6 Å². The van der Waals surface area contributed by atoms with Crippen molar-refractivity contribution in [2.75, 3.05) is 6.54 Å². The number of carbonyl (C=O) groups excluding carboxylic acids is 2. The second kappa shape index (κ2) is 8.82. The Kier molecular flexibility index (Phi) is 6.40. The Morgan fingerprint density at radius 1 is 1.20 bits per heavy atom. The van der Waals surface area contributed by atoms with Gasteiger partial charge in [0, 0.05) is 12.1 Å². The van der Waals surface area contributed by atoms with Crippen molar-refractivity contribution >= 4 is 12.2 Å². The third kappa shape index (κ3) is 4.61. The lowest BCUT2D eigenvalue weighted by atomic mass is 9.93. The van der Waals surface area contributed by atoms with Gasteiger partial charge in [-0.15, -0.1) is 13.2 Å². The molecular weight excluding hydrogens is 405 g/mol. The molecule has 3 rings (SSSR count). The maximum absolute atomic E-state index is 13.2. The molecule has 0 saturated carbocycles. The summed E-state index contributed by atoms with van der Waals surface area (Å²) in [6.07, 6.45) is -5.71. The molecule has 1 amide bonds. The number of hydrogen-bond acceptors (Lipinski definition) is 6. The number of benzene rings is 2. The van der Waals surface area contributed by atoms with Crippen molar-refractivity contribution in [3.8, 4) is 5.75 Å². The van der Waals surface area contributed by atoms with Crippen molar-refractivity contribution in [3.63, 3.8) is 0 Å². The van der Waals surface area contributed by atoms with Gasteiger partial charge in [0.15, 0.2) is 0 Å². The maximum atomic E-state index is 13.2. The number of alkyl halides is 3. The van der Waals surface area contributed by atoms with Gasteiger partial charge in [-0.25, -0.2) is 0 Å². The molecular formula is C20H19F3N2O5. The van der Waals surface area contributed by atoms with Gasteiger partial charge < -0.3 is 9.84 Å². The van der Waals surface area contributed by atoms with Gasteiger partial charge in [-0.05, 0) is 36.2 Å². The highest BCUT2D eigenvalue weighted by molar-refractivity contribution is 6.04. The average molecular weight is 424 g/mol. The van der Waals surface area contributed by atoms with Crippen molar-refractivity contribution in [1.82, 2.24) is 10.4 Å². The molecule has 0 bridgehead atoms. The minimum atomic E-state index is -4.87. The molecule has 1 heterocycles. The summed E-state index contributed by atoms with van der Waals surface area (Å²) in [5.74, 6) is -1.23. The van der Waals surface area contributed by atoms with Crippen LogP contribution < -0.4 is 10.1 Å². The Hall–Kier alpha value is -2.95. The lowest BCUT2D eigenvalue weighted by molar-refractivity contribution is -0.274. The van der Waals surface area contributed by atoms with Crippen LogP contribution >= 0.6 is 0 Å². The predicted molar refractivity (Wildman–Crippen MR) is 97.9 cm³/mol. The van der Waals surface area contributed by atoms with E-state index in [4.69, 9.17) is 4.84 Å². The first-order chi connectivity index (χ1) is 14.3. The van der Waals surface area contributed by atoms with Crippen molar-refractivity contribution in [2.24, 2.45) is 0 Å². The maximum Gasteiger partial charge on any atom is 0.573 e. The number of nitrogens with zero attached hydrogens (tertiary/aromatic N) is 1. The normalized spacial score (nSPS) is 21.3. The summed E-state index contributed by atoms with van der Waals surface area (Å²) in [6.45, 7) is 0.183. The van der Waals surface area contributed by atoms with Crippen molar-refractivity contribution in [2.45, 2.75) is 31.2 Å². The van der Waals surface area contributed by atoms with Gasteiger partial charge in [0.1, 0.15) is 18.5 Å². The molecule has 160 valence electrons. The highest BCUT2D eigenvalue weighted by Crippen LogP contribution is 2.30. The molecule has 1 aliphatic heterocycles. The molecule has 0 spiro atoms. The molecule has 1 saturated heterocycles. The van der Waals surface area contributed by atoms with E-state index in [1.807, 2.05) is 0 Å². The molecule has 2 atom stereocenters. The van der Waals surface area contributed by atoms with Crippen LogP contribution in [0.25, 0.3) is 0 Å². The van der Waals surface area contributed by atoms with E-state index < -0.39 is 29.7 Å². The third-order valence-corrected chi connectivity index (χ3v) is 4.65. The first kappa shape index (κ1) is 21.8. The van der Waals surface area contributed by atoms with Crippen LogP contribution in [0.1, 0.15) is 22.3 Å². The summed E-state index contributed by atoms with van der Waals surface area (Å²) in [5.41, 5.74) is -1.22. The minimum absolute atomic E-state index is 0.0341. The molecule has 0 unspecified atom stereocenters. The van der Waals surface area contributed by atoms with Gasteiger partial charge in [0.2, 0.25) is 17.9 Å². The van der Waals surface area contributed by atoms with E-state index >= 15 is 0 Å². The van der Waals surface area contributed by atoms with Crippen LogP contribution in [-0.2, 0) is 16.2 Å². The zero-order valence-electron chi connectivity index (χ0n) is 15.6. The van der Waals surface area contributed by atoms with E-state index in [-0.39, 0.29) is 31.5 Å². The first-order valence-electron chi connectivity index (χ1n) is 9.01. The van der Waals surface area contributed by atoms with Crippen LogP contribution in [0.3, 0.4) is 0 Å². The molecule has 2 aromatic carbocycles. The molecule has 10 heteroatoms. The Morgan fingerprint density at radius 2 is 1.87 bits per heavy atom. The van der Waals surface area contributed by atoms with E-state index in [2.05, 4.69) is 10.1 Å². The minimum Gasteiger partial charge on any atom is -0.406 e. The third-order valence-electron chi connectivity index (χ3n) is 4.65. The summed E-state index contributed by atoms with van der Waals surface area (Å²) < 4.78 is 40.8. The topological polar surface area (TPSA) is 88.1 Å².